The molecule has 0 radical (unpaired) electrons. The maximum atomic E-state index is 12.6. The van der Waals surface area contributed by atoms with Gasteiger partial charge in [0, 0.05) is 3.57 Å². The molecule has 0 unspecified atom stereocenters. The molecule has 0 aliphatic carbocycles. The summed E-state index contributed by atoms with van der Waals surface area (Å²) in [4.78, 5) is 12.6. The molecule has 0 spiro atoms. The molecule has 6 nitrogen and oxygen atoms in total. The fraction of sp³-hybridized carbons (Fsp3) is 0.0952. The molecule has 29 heavy (non-hydrogen) atoms. The minimum atomic E-state index is -3.64. The first-order valence-electron chi connectivity index (χ1n) is 8.68. The van der Waals surface area contributed by atoms with Crippen LogP contribution < -0.4 is 14.4 Å². The van der Waals surface area contributed by atoms with Gasteiger partial charge in [0.05, 0.1) is 17.6 Å². The van der Waals surface area contributed by atoms with Crippen LogP contribution in [0.25, 0.3) is 0 Å². The molecule has 0 saturated heterocycles. The van der Waals surface area contributed by atoms with Gasteiger partial charge in [-0.25, -0.2) is 8.42 Å². The first kappa shape index (κ1) is 21.1. The van der Waals surface area contributed by atoms with Gasteiger partial charge in [-0.2, -0.15) is 0 Å². The summed E-state index contributed by atoms with van der Waals surface area (Å²) >= 11 is 2.13. The summed E-state index contributed by atoms with van der Waals surface area (Å²) in [5, 5.41) is 2.74. The van der Waals surface area contributed by atoms with E-state index in [-0.39, 0.29) is 6.54 Å². The molecular weight excluding hydrogens is 503 g/mol. The van der Waals surface area contributed by atoms with Gasteiger partial charge in [-0.1, -0.05) is 30.3 Å². The number of carbonyl (C=O) groups is 1. The molecule has 1 amide bonds. The molecule has 0 saturated carbocycles. The van der Waals surface area contributed by atoms with Crippen molar-refractivity contribution in [1.29, 1.82) is 0 Å². The number of nitrogens with zero attached hydrogens (tertiary/aromatic N) is 1. The Balaban J connectivity index is 1.78. The Hall–Kier alpha value is -2.59. The number of nitrogens with one attached hydrogen (secondary N) is 1. The third kappa shape index (κ3) is 5.94. The van der Waals surface area contributed by atoms with Crippen molar-refractivity contribution in [1.82, 2.24) is 0 Å². The zero-order chi connectivity index (χ0) is 20.9. The molecule has 3 aromatic carbocycles. The van der Waals surface area contributed by atoms with Crippen molar-refractivity contribution in [2.75, 3.05) is 22.4 Å². The maximum Gasteiger partial charge on any atom is 0.245 e. The molecule has 3 rings (SSSR count). The quantitative estimate of drug-likeness (QED) is 0.465. The van der Waals surface area contributed by atoms with Crippen LogP contribution in [0.4, 0.5) is 11.4 Å². The topological polar surface area (TPSA) is 75.7 Å². The smallest absolute Gasteiger partial charge is 0.245 e. The maximum absolute atomic E-state index is 12.6. The van der Waals surface area contributed by atoms with E-state index in [9.17, 15) is 13.2 Å². The highest BCUT2D eigenvalue weighted by molar-refractivity contribution is 14.1. The lowest BCUT2D eigenvalue weighted by atomic mass is 10.2. The van der Waals surface area contributed by atoms with Crippen molar-refractivity contribution in [3.63, 3.8) is 0 Å². The molecule has 0 bridgehead atoms. The summed E-state index contributed by atoms with van der Waals surface area (Å²) in [6.45, 7) is -0.348. The van der Waals surface area contributed by atoms with E-state index in [4.69, 9.17) is 4.74 Å². The Morgan fingerprint density at radius 3 is 2.24 bits per heavy atom. The highest BCUT2D eigenvalue weighted by Gasteiger charge is 2.21. The first-order chi connectivity index (χ1) is 13.8. The van der Waals surface area contributed by atoms with Crippen LogP contribution in [-0.2, 0) is 14.8 Å². The summed E-state index contributed by atoms with van der Waals surface area (Å²) in [6.07, 6.45) is 1.07. The van der Waals surface area contributed by atoms with Crippen LogP contribution in [0.1, 0.15) is 0 Å². The Labute approximate surface area is 183 Å². The number of carbonyl (C=O) groups excluding carboxylic acids is 1. The van der Waals surface area contributed by atoms with Gasteiger partial charge in [-0.05, 0) is 71.1 Å². The van der Waals surface area contributed by atoms with Crippen LogP contribution in [0, 0.1) is 3.57 Å². The lowest BCUT2D eigenvalue weighted by Gasteiger charge is -2.22. The van der Waals surface area contributed by atoms with Gasteiger partial charge in [-0.3, -0.25) is 9.10 Å². The molecule has 0 heterocycles. The second-order valence-electron chi connectivity index (χ2n) is 6.21. The zero-order valence-corrected chi connectivity index (χ0v) is 18.6. The molecule has 1 N–H and O–H groups in total. The average molecular weight is 522 g/mol. The summed E-state index contributed by atoms with van der Waals surface area (Å²) in [5.41, 5.74) is 0.884. The largest absolute Gasteiger partial charge is 0.455 e. The van der Waals surface area contributed by atoms with Gasteiger partial charge in [-0.15, -0.1) is 0 Å². The molecule has 0 atom stereocenters. The SMILES string of the molecule is CS(=O)(=O)N(CC(=O)Nc1ccccc1Oc1ccccc1)c1ccc(I)cc1. The number of ether oxygens (including phenoxy) is 1. The monoisotopic (exact) mass is 522 g/mol. The van der Waals surface area contributed by atoms with E-state index in [0.717, 1.165) is 14.1 Å². The zero-order valence-electron chi connectivity index (χ0n) is 15.6. The fourth-order valence-corrected chi connectivity index (χ4v) is 3.82. The van der Waals surface area contributed by atoms with E-state index in [0.29, 0.717) is 22.9 Å². The number of benzene rings is 3. The van der Waals surface area contributed by atoms with Crippen LogP contribution in [0.2, 0.25) is 0 Å². The first-order valence-corrected chi connectivity index (χ1v) is 11.6. The Bertz CT molecular complexity index is 1090. The predicted octanol–water partition coefficient (Wildman–Crippen LogP) is 4.49. The number of hydrogen-bond donors (Lipinski definition) is 1. The van der Waals surface area contributed by atoms with Crippen molar-refractivity contribution < 1.29 is 17.9 Å². The minimum absolute atomic E-state index is 0.348. The van der Waals surface area contributed by atoms with E-state index < -0.39 is 15.9 Å². The highest BCUT2D eigenvalue weighted by atomic mass is 127. The molecule has 150 valence electrons. The highest BCUT2D eigenvalue weighted by Crippen LogP contribution is 2.29. The van der Waals surface area contributed by atoms with Gasteiger partial charge in [0.25, 0.3) is 0 Å². The predicted molar refractivity (Wildman–Crippen MR) is 123 cm³/mol. The van der Waals surface area contributed by atoms with Crippen LogP contribution in [0.15, 0.2) is 78.9 Å². The van der Waals surface area contributed by atoms with Gasteiger partial charge in [0.15, 0.2) is 5.75 Å². The van der Waals surface area contributed by atoms with E-state index in [1.54, 1.807) is 60.7 Å². The number of halogens is 1. The van der Waals surface area contributed by atoms with E-state index in [2.05, 4.69) is 27.9 Å². The van der Waals surface area contributed by atoms with Crippen molar-refractivity contribution in [3.8, 4) is 11.5 Å². The number of anilines is 2. The fourth-order valence-electron chi connectivity index (χ4n) is 2.60. The molecular formula is C21H19IN2O4S. The Morgan fingerprint density at radius 1 is 0.966 bits per heavy atom. The van der Waals surface area contributed by atoms with E-state index >= 15 is 0 Å². The van der Waals surface area contributed by atoms with Crippen molar-refractivity contribution in [2.45, 2.75) is 0 Å². The standard InChI is InChI=1S/C21H19IN2O4S/c1-29(26,27)24(17-13-11-16(22)12-14-17)15-21(25)23-19-9-5-6-10-20(19)28-18-7-3-2-4-8-18/h2-14H,15H2,1H3,(H,23,25). The van der Waals surface area contributed by atoms with Gasteiger partial charge < -0.3 is 10.1 Å². The number of amides is 1. The molecule has 0 fully saturated rings. The van der Waals surface area contributed by atoms with Crippen molar-refractivity contribution in [2.24, 2.45) is 0 Å². The van der Waals surface area contributed by atoms with Gasteiger partial charge in [0.1, 0.15) is 12.3 Å². The number of hydrogen-bond acceptors (Lipinski definition) is 4. The number of sulfonamides is 1. The van der Waals surface area contributed by atoms with Gasteiger partial charge >= 0.3 is 0 Å². The van der Waals surface area contributed by atoms with Crippen molar-refractivity contribution in [3.05, 3.63) is 82.4 Å². The molecule has 0 aliphatic heterocycles. The van der Waals surface area contributed by atoms with Crippen LogP contribution in [-0.4, -0.2) is 27.1 Å². The second-order valence-corrected chi connectivity index (χ2v) is 9.36. The summed E-state index contributed by atoms with van der Waals surface area (Å²) in [7, 11) is -3.64. The summed E-state index contributed by atoms with van der Waals surface area (Å²) in [5.74, 6) is 0.621. The Morgan fingerprint density at radius 2 is 1.59 bits per heavy atom. The third-order valence-corrected chi connectivity index (χ3v) is 5.79. The molecule has 3 aromatic rings. The second kappa shape index (κ2) is 9.27. The Kier molecular flexibility index (Phi) is 6.75. The molecule has 0 aromatic heterocycles. The minimum Gasteiger partial charge on any atom is -0.455 e. The molecule has 8 heteroatoms. The van der Waals surface area contributed by atoms with E-state index in [1.165, 1.54) is 0 Å². The number of para-hydroxylation sites is 3. The summed E-state index contributed by atoms with van der Waals surface area (Å²) in [6, 6.07) is 23.1. The third-order valence-electron chi connectivity index (χ3n) is 3.93. The lowest BCUT2D eigenvalue weighted by Crippen LogP contribution is -2.37. The van der Waals surface area contributed by atoms with E-state index in [1.807, 2.05) is 18.2 Å². The van der Waals surface area contributed by atoms with Crippen molar-refractivity contribution >= 4 is 49.9 Å². The van der Waals surface area contributed by atoms with Gasteiger partial charge in [0.2, 0.25) is 15.9 Å². The van der Waals surface area contributed by atoms with Crippen LogP contribution in [0.3, 0.4) is 0 Å². The summed E-state index contributed by atoms with van der Waals surface area (Å²) < 4.78 is 32.3. The lowest BCUT2D eigenvalue weighted by molar-refractivity contribution is -0.114. The number of rotatable bonds is 7. The molecule has 0 aliphatic rings. The average Bonchev–Trinajstić information content (AvgIpc) is 2.68. The normalized spacial score (nSPS) is 11.0. The van der Waals surface area contributed by atoms with Crippen LogP contribution >= 0.6 is 22.6 Å². The van der Waals surface area contributed by atoms with Crippen LogP contribution in [0.5, 0.6) is 11.5 Å².